The Labute approximate surface area is 180 Å². The lowest BCUT2D eigenvalue weighted by molar-refractivity contribution is -0.153. The highest BCUT2D eigenvalue weighted by Gasteiger charge is 2.46. The van der Waals surface area contributed by atoms with Crippen molar-refractivity contribution >= 4 is 35.1 Å². The Kier molecular flexibility index (Phi) is 6.39. The molecule has 3 rings (SSSR count). The van der Waals surface area contributed by atoms with Crippen LogP contribution in [0.3, 0.4) is 0 Å². The molecule has 0 aliphatic heterocycles. The normalized spacial score (nSPS) is 13.7. The zero-order chi connectivity index (χ0) is 22.6. The van der Waals surface area contributed by atoms with Gasteiger partial charge in [-0.2, -0.15) is 0 Å². The predicted octanol–water partition coefficient (Wildman–Crippen LogP) is 2.30. The van der Waals surface area contributed by atoms with Gasteiger partial charge in [-0.15, -0.1) is 0 Å². The van der Waals surface area contributed by atoms with Crippen LogP contribution < -0.4 is 10.6 Å². The quantitative estimate of drug-likeness (QED) is 0.632. The lowest BCUT2D eigenvalue weighted by Crippen LogP contribution is -2.41. The van der Waals surface area contributed by atoms with Gasteiger partial charge in [-0.25, -0.2) is 0 Å². The fraction of sp³-hybridized carbons (Fsp3) is 0.304. The molecule has 0 unspecified atom stereocenters. The molecular weight excluding hydrogens is 398 g/mol. The second-order valence-electron chi connectivity index (χ2n) is 7.94. The number of carboxylic acid groups (broad SMARTS) is 1. The van der Waals surface area contributed by atoms with Crippen molar-refractivity contribution in [2.75, 3.05) is 24.2 Å². The summed E-state index contributed by atoms with van der Waals surface area (Å²) in [7, 11) is 1.48. The lowest BCUT2D eigenvalue weighted by atomic mass is 9.81. The number of fused-ring (bicyclic) bond motifs is 1. The molecule has 0 heterocycles. The Bertz CT molecular complexity index is 1010. The Hall–Kier alpha value is -3.68. The fourth-order valence-corrected chi connectivity index (χ4v) is 3.85. The van der Waals surface area contributed by atoms with E-state index in [1.165, 1.54) is 18.9 Å². The maximum Gasteiger partial charge on any atom is 0.310 e. The molecule has 2 aromatic rings. The Balaban J connectivity index is 1.60. The van der Waals surface area contributed by atoms with Crippen LogP contribution >= 0.6 is 0 Å². The summed E-state index contributed by atoms with van der Waals surface area (Å²) in [6, 6.07) is 14.1. The Morgan fingerprint density at radius 3 is 2.10 bits per heavy atom. The first-order chi connectivity index (χ1) is 14.7. The second kappa shape index (κ2) is 8.99. The molecule has 0 bridgehead atoms. The highest BCUT2D eigenvalue weighted by molar-refractivity contribution is 5.96. The molecule has 162 valence electrons. The number of benzene rings is 2. The van der Waals surface area contributed by atoms with Gasteiger partial charge in [-0.3, -0.25) is 19.2 Å². The molecule has 0 radical (unpaired) electrons. The monoisotopic (exact) mass is 423 g/mol. The minimum Gasteiger partial charge on any atom is -0.481 e. The molecule has 0 fully saturated rings. The molecule has 8 nitrogen and oxygen atoms in total. The summed E-state index contributed by atoms with van der Waals surface area (Å²) in [6.07, 6.45) is 0.402. The van der Waals surface area contributed by atoms with E-state index in [1.807, 2.05) is 24.3 Å². The standard InChI is InChI=1S/C23H25N3O5/c1-15(27)24-18-8-5-9-19(10-18)25-20(28)14-26(2)21(29)13-23(22(30)31)11-16-6-3-4-7-17(16)12-23/h3-10H,11-14H2,1-2H3,(H,24,27)(H,25,28)(H,30,31). The highest BCUT2D eigenvalue weighted by atomic mass is 16.4. The molecule has 1 aliphatic carbocycles. The Morgan fingerprint density at radius 1 is 0.968 bits per heavy atom. The number of hydrogen-bond acceptors (Lipinski definition) is 4. The first-order valence-corrected chi connectivity index (χ1v) is 9.90. The lowest BCUT2D eigenvalue weighted by Gasteiger charge is -2.26. The number of aliphatic carboxylic acids is 1. The van der Waals surface area contributed by atoms with E-state index in [0.29, 0.717) is 24.2 Å². The topological polar surface area (TPSA) is 116 Å². The summed E-state index contributed by atoms with van der Waals surface area (Å²) in [4.78, 5) is 49.6. The van der Waals surface area contributed by atoms with Gasteiger partial charge in [-0.05, 0) is 42.2 Å². The van der Waals surface area contributed by atoms with Gasteiger partial charge in [0.2, 0.25) is 17.7 Å². The van der Waals surface area contributed by atoms with E-state index in [9.17, 15) is 24.3 Å². The van der Waals surface area contributed by atoms with Crippen LogP contribution in [0.1, 0.15) is 24.5 Å². The second-order valence-corrected chi connectivity index (χ2v) is 7.94. The minimum absolute atomic E-state index is 0.182. The zero-order valence-electron chi connectivity index (χ0n) is 17.5. The van der Waals surface area contributed by atoms with Crippen molar-refractivity contribution in [2.45, 2.75) is 26.2 Å². The summed E-state index contributed by atoms with van der Waals surface area (Å²) in [6.45, 7) is 1.17. The van der Waals surface area contributed by atoms with Gasteiger partial charge in [0.1, 0.15) is 0 Å². The van der Waals surface area contributed by atoms with E-state index in [0.717, 1.165) is 11.1 Å². The summed E-state index contributed by atoms with van der Waals surface area (Å²) < 4.78 is 0. The van der Waals surface area contributed by atoms with Crippen molar-refractivity contribution in [2.24, 2.45) is 5.41 Å². The molecule has 0 saturated heterocycles. The van der Waals surface area contributed by atoms with Crippen LogP contribution in [0.2, 0.25) is 0 Å². The summed E-state index contributed by atoms with van der Waals surface area (Å²) in [5.74, 6) is -2.06. The molecule has 0 atom stereocenters. The smallest absolute Gasteiger partial charge is 0.310 e. The van der Waals surface area contributed by atoms with Crippen LogP contribution in [0.15, 0.2) is 48.5 Å². The number of nitrogens with zero attached hydrogens (tertiary/aromatic N) is 1. The molecule has 3 N–H and O–H groups in total. The van der Waals surface area contributed by atoms with Crippen LogP contribution in [0.4, 0.5) is 11.4 Å². The predicted molar refractivity (Wildman–Crippen MR) is 116 cm³/mol. The first-order valence-electron chi connectivity index (χ1n) is 9.90. The van der Waals surface area contributed by atoms with Gasteiger partial charge in [0.15, 0.2) is 0 Å². The van der Waals surface area contributed by atoms with Crippen molar-refractivity contribution in [1.29, 1.82) is 0 Å². The molecule has 3 amide bonds. The molecule has 1 aliphatic rings. The van der Waals surface area contributed by atoms with Gasteiger partial charge in [0.05, 0.1) is 12.0 Å². The molecule has 31 heavy (non-hydrogen) atoms. The van der Waals surface area contributed by atoms with Crippen LogP contribution in [0.25, 0.3) is 0 Å². The number of amides is 3. The molecule has 2 aromatic carbocycles. The van der Waals surface area contributed by atoms with Crippen LogP contribution in [-0.2, 0) is 32.0 Å². The van der Waals surface area contributed by atoms with Crippen molar-refractivity contribution in [3.05, 3.63) is 59.7 Å². The minimum atomic E-state index is -1.20. The molecule has 0 saturated carbocycles. The number of carboxylic acids is 1. The highest BCUT2D eigenvalue weighted by Crippen LogP contribution is 2.40. The Morgan fingerprint density at radius 2 is 1.55 bits per heavy atom. The number of hydrogen-bond donors (Lipinski definition) is 3. The third kappa shape index (κ3) is 5.28. The van der Waals surface area contributed by atoms with Crippen molar-refractivity contribution in [3.63, 3.8) is 0 Å². The van der Waals surface area contributed by atoms with Crippen molar-refractivity contribution < 1.29 is 24.3 Å². The summed E-state index contributed by atoms with van der Waals surface area (Å²) in [5, 5.41) is 15.2. The zero-order valence-corrected chi connectivity index (χ0v) is 17.5. The number of nitrogens with one attached hydrogen (secondary N) is 2. The van der Waals surface area contributed by atoms with E-state index >= 15 is 0 Å². The van der Waals surface area contributed by atoms with Crippen LogP contribution in [0.5, 0.6) is 0 Å². The van der Waals surface area contributed by atoms with E-state index in [1.54, 1.807) is 24.3 Å². The summed E-state index contributed by atoms with van der Waals surface area (Å²) >= 11 is 0. The van der Waals surface area contributed by atoms with Gasteiger partial charge in [-0.1, -0.05) is 30.3 Å². The van der Waals surface area contributed by atoms with E-state index in [-0.39, 0.29) is 18.9 Å². The van der Waals surface area contributed by atoms with Crippen LogP contribution in [0, 0.1) is 5.41 Å². The van der Waals surface area contributed by atoms with Crippen molar-refractivity contribution in [1.82, 2.24) is 4.90 Å². The molecule has 8 heteroatoms. The number of anilines is 2. The molecule has 0 aromatic heterocycles. The third-order valence-corrected chi connectivity index (χ3v) is 5.39. The average molecular weight is 423 g/mol. The van der Waals surface area contributed by atoms with Gasteiger partial charge >= 0.3 is 5.97 Å². The SMILES string of the molecule is CC(=O)Nc1cccc(NC(=O)CN(C)C(=O)CC2(C(=O)O)Cc3ccccc3C2)c1. The van der Waals surface area contributed by atoms with Gasteiger partial charge < -0.3 is 20.6 Å². The van der Waals surface area contributed by atoms with E-state index in [4.69, 9.17) is 0 Å². The number of rotatable bonds is 7. The fourth-order valence-electron chi connectivity index (χ4n) is 3.85. The number of carbonyl (C=O) groups is 4. The largest absolute Gasteiger partial charge is 0.481 e. The van der Waals surface area contributed by atoms with Gasteiger partial charge in [0, 0.05) is 31.8 Å². The maximum absolute atomic E-state index is 12.8. The van der Waals surface area contributed by atoms with E-state index in [2.05, 4.69) is 10.6 Å². The van der Waals surface area contributed by atoms with Crippen LogP contribution in [-0.4, -0.2) is 47.3 Å². The van der Waals surface area contributed by atoms with Gasteiger partial charge in [0.25, 0.3) is 0 Å². The number of carbonyl (C=O) groups excluding carboxylic acids is 3. The average Bonchev–Trinajstić information content (AvgIpc) is 3.07. The molecular formula is C23H25N3O5. The first kappa shape index (κ1) is 22.0. The molecule has 0 spiro atoms. The van der Waals surface area contributed by atoms with E-state index < -0.39 is 23.2 Å². The summed E-state index contributed by atoms with van der Waals surface area (Å²) in [5.41, 5.74) is 1.71. The number of likely N-dealkylation sites (N-methyl/N-ethyl adjacent to an activating group) is 1. The van der Waals surface area contributed by atoms with Crippen molar-refractivity contribution in [3.8, 4) is 0 Å². The third-order valence-electron chi connectivity index (χ3n) is 5.39. The maximum atomic E-state index is 12.8.